The van der Waals surface area contributed by atoms with Gasteiger partial charge in [-0.25, -0.2) is 0 Å². The van der Waals surface area contributed by atoms with E-state index in [1.54, 1.807) is 4.90 Å². The number of nitrogens with zero attached hydrogens (tertiary/aromatic N) is 2. The molecule has 0 saturated carbocycles. The predicted molar refractivity (Wildman–Crippen MR) is 86.3 cm³/mol. The molecule has 0 saturated heterocycles. The van der Waals surface area contributed by atoms with E-state index in [1.165, 1.54) is 0 Å². The summed E-state index contributed by atoms with van der Waals surface area (Å²) in [6.07, 6.45) is 0.368. The van der Waals surface area contributed by atoms with Crippen LogP contribution >= 0.6 is 0 Å². The fourth-order valence-electron chi connectivity index (χ4n) is 2.27. The van der Waals surface area contributed by atoms with E-state index < -0.39 is 0 Å². The lowest BCUT2D eigenvalue weighted by atomic mass is 10.1. The molecule has 0 aliphatic carbocycles. The van der Waals surface area contributed by atoms with Crippen LogP contribution < -0.4 is 5.32 Å². The Morgan fingerprint density at radius 3 is 2.67 bits per heavy atom. The van der Waals surface area contributed by atoms with Crippen molar-refractivity contribution in [2.45, 2.75) is 34.1 Å². The summed E-state index contributed by atoms with van der Waals surface area (Å²) in [5.41, 5.74) is 2.81. The molecule has 0 heterocycles. The summed E-state index contributed by atoms with van der Waals surface area (Å²) < 4.78 is 0. The number of nitriles is 1. The van der Waals surface area contributed by atoms with Gasteiger partial charge in [-0.05, 0) is 43.5 Å². The van der Waals surface area contributed by atoms with Gasteiger partial charge in [0.1, 0.15) is 0 Å². The number of rotatable bonds is 7. The molecule has 0 unspecified atom stereocenters. The molecule has 114 valence electrons. The van der Waals surface area contributed by atoms with Gasteiger partial charge in [-0.3, -0.25) is 4.79 Å². The number of aryl methyl sites for hydroxylation is 1. The average molecular weight is 287 g/mol. The maximum atomic E-state index is 12.6. The fourth-order valence-corrected chi connectivity index (χ4v) is 2.27. The van der Waals surface area contributed by atoms with Crippen LogP contribution in [-0.2, 0) is 0 Å². The Kier molecular flexibility index (Phi) is 6.74. The van der Waals surface area contributed by atoms with Gasteiger partial charge in [-0.15, -0.1) is 0 Å². The van der Waals surface area contributed by atoms with Gasteiger partial charge < -0.3 is 10.2 Å². The third-order valence-corrected chi connectivity index (χ3v) is 3.21. The maximum Gasteiger partial charge on any atom is 0.253 e. The molecule has 4 nitrogen and oxygen atoms in total. The summed E-state index contributed by atoms with van der Waals surface area (Å²) in [6.45, 7) is 10.2. The number of benzene rings is 1. The molecular weight excluding hydrogens is 262 g/mol. The topological polar surface area (TPSA) is 56.1 Å². The van der Waals surface area contributed by atoms with E-state index >= 15 is 0 Å². The number of carbonyl (C=O) groups is 1. The molecule has 0 bridgehead atoms. The Hall–Kier alpha value is -2.02. The van der Waals surface area contributed by atoms with Gasteiger partial charge in [0.15, 0.2) is 0 Å². The standard InChI is InChI=1S/C17H25N3O/c1-5-19-16-8-7-15(11-14(16)4)17(21)20(10-6-9-18)12-13(2)3/h7-8,11,13,19H,5-6,10,12H2,1-4H3. The first kappa shape index (κ1) is 17.0. The van der Waals surface area contributed by atoms with Crippen molar-refractivity contribution in [3.63, 3.8) is 0 Å². The van der Waals surface area contributed by atoms with Crippen LogP contribution in [0.4, 0.5) is 5.69 Å². The van der Waals surface area contributed by atoms with E-state index in [9.17, 15) is 4.79 Å². The summed E-state index contributed by atoms with van der Waals surface area (Å²) >= 11 is 0. The Bertz CT molecular complexity index is 517. The Labute approximate surface area is 127 Å². The Balaban J connectivity index is 2.92. The lowest BCUT2D eigenvalue weighted by molar-refractivity contribution is 0.0740. The predicted octanol–water partition coefficient (Wildman–Crippen LogP) is 3.44. The molecule has 0 atom stereocenters. The lowest BCUT2D eigenvalue weighted by Crippen LogP contribution is -2.35. The van der Waals surface area contributed by atoms with Crippen molar-refractivity contribution in [2.24, 2.45) is 5.92 Å². The van der Waals surface area contributed by atoms with Crippen LogP contribution in [0.3, 0.4) is 0 Å². The zero-order chi connectivity index (χ0) is 15.8. The van der Waals surface area contributed by atoms with Gasteiger partial charge in [0.25, 0.3) is 5.91 Å². The molecule has 21 heavy (non-hydrogen) atoms. The normalized spacial score (nSPS) is 10.3. The zero-order valence-corrected chi connectivity index (χ0v) is 13.4. The highest BCUT2D eigenvalue weighted by Gasteiger charge is 2.17. The molecule has 4 heteroatoms. The minimum absolute atomic E-state index is 0.00472. The number of carbonyl (C=O) groups excluding carboxylic acids is 1. The van der Waals surface area contributed by atoms with Crippen LogP contribution in [0.2, 0.25) is 0 Å². The highest BCUT2D eigenvalue weighted by Crippen LogP contribution is 2.18. The third kappa shape index (κ3) is 5.11. The molecule has 1 aromatic rings. The van der Waals surface area contributed by atoms with Crippen LogP contribution in [0.15, 0.2) is 18.2 Å². The molecule has 0 aromatic heterocycles. The quantitative estimate of drug-likeness (QED) is 0.835. The van der Waals surface area contributed by atoms with Gasteiger partial charge in [-0.2, -0.15) is 5.26 Å². The van der Waals surface area contributed by atoms with E-state index in [1.807, 2.05) is 32.0 Å². The molecule has 1 N–H and O–H groups in total. The Morgan fingerprint density at radius 2 is 2.14 bits per heavy atom. The Morgan fingerprint density at radius 1 is 1.43 bits per heavy atom. The first-order chi connectivity index (χ1) is 9.99. The number of anilines is 1. The van der Waals surface area contributed by atoms with Crippen LogP contribution in [0.1, 0.15) is 43.1 Å². The first-order valence-corrected chi connectivity index (χ1v) is 7.50. The summed E-state index contributed by atoms with van der Waals surface area (Å²) in [6, 6.07) is 7.83. The van der Waals surface area contributed by atoms with E-state index in [0.29, 0.717) is 31.0 Å². The van der Waals surface area contributed by atoms with Crippen molar-refractivity contribution >= 4 is 11.6 Å². The highest BCUT2D eigenvalue weighted by atomic mass is 16.2. The van der Waals surface area contributed by atoms with E-state index in [0.717, 1.165) is 17.8 Å². The number of hydrogen-bond donors (Lipinski definition) is 1. The summed E-state index contributed by atoms with van der Waals surface area (Å²) in [5.74, 6) is 0.389. The number of nitrogens with one attached hydrogen (secondary N) is 1. The molecule has 0 fully saturated rings. The fraction of sp³-hybridized carbons (Fsp3) is 0.529. The first-order valence-electron chi connectivity index (χ1n) is 7.50. The van der Waals surface area contributed by atoms with Gasteiger partial charge >= 0.3 is 0 Å². The van der Waals surface area contributed by atoms with Crippen LogP contribution in [0, 0.1) is 24.2 Å². The minimum Gasteiger partial charge on any atom is -0.385 e. The summed E-state index contributed by atoms with van der Waals surface area (Å²) in [5, 5.41) is 12.0. The molecule has 0 radical (unpaired) electrons. The van der Waals surface area contributed by atoms with Crippen molar-refractivity contribution in [2.75, 3.05) is 25.0 Å². The van der Waals surface area contributed by atoms with E-state index in [-0.39, 0.29) is 5.91 Å². The number of amides is 1. The monoisotopic (exact) mass is 287 g/mol. The van der Waals surface area contributed by atoms with Crippen molar-refractivity contribution in [1.29, 1.82) is 5.26 Å². The van der Waals surface area contributed by atoms with Crippen LogP contribution in [-0.4, -0.2) is 30.4 Å². The van der Waals surface area contributed by atoms with Crippen LogP contribution in [0.5, 0.6) is 0 Å². The summed E-state index contributed by atoms with van der Waals surface area (Å²) in [7, 11) is 0. The average Bonchev–Trinajstić information content (AvgIpc) is 2.44. The second kappa shape index (κ2) is 8.31. The molecule has 1 amide bonds. The highest BCUT2D eigenvalue weighted by molar-refractivity contribution is 5.95. The van der Waals surface area contributed by atoms with Crippen molar-refractivity contribution < 1.29 is 4.79 Å². The van der Waals surface area contributed by atoms with Crippen molar-refractivity contribution in [1.82, 2.24) is 4.90 Å². The minimum atomic E-state index is 0.00472. The van der Waals surface area contributed by atoms with E-state index in [2.05, 4.69) is 25.2 Å². The second-order valence-corrected chi connectivity index (χ2v) is 5.61. The zero-order valence-electron chi connectivity index (χ0n) is 13.4. The lowest BCUT2D eigenvalue weighted by Gasteiger charge is -2.24. The second-order valence-electron chi connectivity index (χ2n) is 5.61. The van der Waals surface area contributed by atoms with Crippen LogP contribution in [0.25, 0.3) is 0 Å². The molecule has 0 aliphatic rings. The maximum absolute atomic E-state index is 12.6. The van der Waals surface area contributed by atoms with Crippen molar-refractivity contribution in [3.8, 4) is 6.07 Å². The van der Waals surface area contributed by atoms with Crippen molar-refractivity contribution in [3.05, 3.63) is 29.3 Å². The van der Waals surface area contributed by atoms with Gasteiger partial charge in [0.2, 0.25) is 0 Å². The molecule has 0 spiro atoms. The number of hydrogen-bond acceptors (Lipinski definition) is 3. The van der Waals surface area contributed by atoms with Gasteiger partial charge in [0.05, 0.1) is 12.5 Å². The molecule has 1 aromatic carbocycles. The third-order valence-electron chi connectivity index (χ3n) is 3.21. The summed E-state index contributed by atoms with van der Waals surface area (Å²) in [4.78, 5) is 14.4. The SMILES string of the molecule is CCNc1ccc(C(=O)N(CCC#N)CC(C)C)cc1C. The van der Waals surface area contributed by atoms with E-state index in [4.69, 9.17) is 5.26 Å². The van der Waals surface area contributed by atoms with Gasteiger partial charge in [0, 0.05) is 30.9 Å². The largest absolute Gasteiger partial charge is 0.385 e. The molecular formula is C17H25N3O. The van der Waals surface area contributed by atoms with Gasteiger partial charge in [-0.1, -0.05) is 13.8 Å². The smallest absolute Gasteiger partial charge is 0.253 e. The molecule has 0 aliphatic heterocycles. The molecule has 1 rings (SSSR count).